The van der Waals surface area contributed by atoms with Gasteiger partial charge in [-0.15, -0.1) is 0 Å². The predicted octanol–water partition coefficient (Wildman–Crippen LogP) is 2.28. The molecule has 0 aliphatic rings. The van der Waals surface area contributed by atoms with E-state index in [-0.39, 0.29) is 0 Å². The van der Waals surface area contributed by atoms with Crippen molar-refractivity contribution in [3.8, 4) is 0 Å². The van der Waals surface area contributed by atoms with Crippen LogP contribution in [-0.4, -0.2) is 22.2 Å². The van der Waals surface area contributed by atoms with Gasteiger partial charge in [0.1, 0.15) is 5.82 Å². The second-order valence-corrected chi connectivity index (χ2v) is 4.63. The zero-order valence-corrected chi connectivity index (χ0v) is 10.4. The molecule has 5 heteroatoms. The molecule has 0 saturated carbocycles. The first-order chi connectivity index (χ1) is 7.44. The van der Waals surface area contributed by atoms with Crippen molar-refractivity contribution in [1.82, 2.24) is 4.98 Å². The lowest BCUT2D eigenvalue weighted by Gasteiger charge is -2.23. The molecule has 0 saturated heterocycles. The highest BCUT2D eigenvalue weighted by Crippen LogP contribution is 2.20. The molecule has 1 rings (SSSR count). The lowest BCUT2D eigenvalue weighted by atomic mass is 10.0. The molecule has 0 amide bonds. The number of nitrogens with zero attached hydrogens (tertiary/aromatic N) is 1. The van der Waals surface area contributed by atoms with Gasteiger partial charge in [-0.25, -0.2) is 4.98 Å². The van der Waals surface area contributed by atoms with E-state index in [9.17, 15) is 5.11 Å². The molecule has 0 fully saturated rings. The van der Waals surface area contributed by atoms with Crippen LogP contribution >= 0.6 is 11.6 Å². The summed E-state index contributed by atoms with van der Waals surface area (Å²) in [6.45, 7) is 4.23. The van der Waals surface area contributed by atoms with Gasteiger partial charge in [0, 0.05) is 12.7 Å². The topological polar surface area (TPSA) is 71.2 Å². The maximum absolute atomic E-state index is 9.96. The molecular formula is C11H18ClN3O. The third-order valence-corrected chi connectivity index (χ3v) is 2.52. The van der Waals surface area contributed by atoms with Gasteiger partial charge >= 0.3 is 0 Å². The molecule has 90 valence electrons. The largest absolute Gasteiger partial charge is 0.396 e. The van der Waals surface area contributed by atoms with Crippen molar-refractivity contribution in [1.29, 1.82) is 0 Å². The van der Waals surface area contributed by atoms with Crippen LogP contribution in [0, 0.1) is 0 Å². The van der Waals surface area contributed by atoms with Crippen molar-refractivity contribution in [3.05, 3.63) is 17.3 Å². The molecule has 4 N–H and O–H groups in total. The van der Waals surface area contributed by atoms with E-state index in [2.05, 4.69) is 10.3 Å². The summed E-state index contributed by atoms with van der Waals surface area (Å²) in [5, 5.41) is 13.5. The van der Waals surface area contributed by atoms with Gasteiger partial charge in [0.2, 0.25) is 0 Å². The van der Waals surface area contributed by atoms with Crippen molar-refractivity contribution >= 4 is 23.1 Å². The Morgan fingerprint density at radius 3 is 2.88 bits per heavy atom. The quantitative estimate of drug-likeness (QED) is 0.742. The number of pyridine rings is 1. The molecule has 16 heavy (non-hydrogen) atoms. The van der Waals surface area contributed by atoms with E-state index in [1.54, 1.807) is 13.0 Å². The monoisotopic (exact) mass is 243 g/mol. The van der Waals surface area contributed by atoms with Crippen molar-refractivity contribution < 1.29 is 5.11 Å². The van der Waals surface area contributed by atoms with Gasteiger partial charge in [-0.05, 0) is 19.4 Å². The molecule has 0 spiro atoms. The minimum absolute atomic E-state index is 0.416. The molecule has 0 bridgehead atoms. The predicted molar refractivity (Wildman–Crippen MR) is 67.7 cm³/mol. The number of nitrogens with one attached hydrogen (secondary N) is 1. The first-order valence-electron chi connectivity index (χ1n) is 5.32. The lowest BCUT2D eigenvalue weighted by Crippen LogP contribution is -2.33. The Hall–Kier alpha value is -1.00. The van der Waals surface area contributed by atoms with Crippen molar-refractivity contribution in [2.45, 2.75) is 32.3 Å². The van der Waals surface area contributed by atoms with Gasteiger partial charge in [0.15, 0.2) is 0 Å². The highest BCUT2D eigenvalue weighted by Gasteiger charge is 2.19. The van der Waals surface area contributed by atoms with Gasteiger partial charge in [-0.3, -0.25) is 0 Å². The van der Waals surface area contributed by atoms with E-state index < -0.39 is 5.60 Å². The molecule has 0 aliphatic carbocycles. The Kier molecular flexibility index (Phi) is 4.38. The third-order valence-electron chi connectivity index (χ3n) is 2.31. The van der Waals surface area contributed by atoms with Gasteiger partial charge in [0.25, 0.3) is 0 Å². The fraction of sp³-hybridized carbons (Fsp3) is 0.545. The molecule has 1 aromatic rings. The van der Waals surface area contributed by atoms with Gasteiger partial charge in [-0.2, -0.15) is 0 Å². The van der Waals surface area contributed by atoms with E-state index in [4.69, 9.17) is 17.3 Å². The van der Waals surface area contributed by atoms with Crippen LogP contribution in [-0.2, 0) is 0 Å². The van der Waals surface area contributed by atoms with Crippen LogP contribution in [0.2, 0.25) is 5.02 Å². The second kappa shape index (κ2) is 5.37. The maximum atomic E-state index is 9.96. The van der Waals surface area contributed by atoms with Crippen LogP contribution < -0.4 is 11.1 Å². The number of aliphatic hydroxyl groups is 1. The number of nitrogens with two attached hydrogens (primary N) is 1. The first kappa shape index (κ1) is 13.1. The average molecular weight is 244 g/mol. The summed E-state index contributed by atoms with van der Waals surface area (Å²) in [5.41, 5.74) is 5.47. The van der Waals surface area contributed by atoms with E-state index in [0.29, 0.717) is 23.1 Å². The van der Waals surface area contributed by atoms with Crippen molar-refractivity contribution in [2.24, 2.45) is 0 Å². The average Bonchev–Trinajstić information content (AvgIpc) is 2.16. The number of hydrogen-bond acceptors (Lipinski definition) is 4. The highest BCUT2D eigenvalue weighted by molar-refractivity contribution is 6.30. The van der Waals surface area contributed by atoms with Gasteiger partial charge in [-0.1, -0.05) is 24.9 Å². The van der Waals surface area contributed by atoms with Crippen molar-refractivity contribution in [2.75, 3.05) is 17.6 Å². The molecule has 1 atom stereocenters. The van der Waals surface area contributed by atoms with Crippen LogP contribution in [0.25, 0.3) is 0 Å². The number of anilines is 2. The van der Waals surface area contributed by atoms with Crippen LogP contribution in [0.1, 0.15) is 26.7 Å². The molecule has 0 radical (unpaired) electrons. The Balaban J connectivity index is 2.61. The van der Waals surface area contributed by atoms with Gasteiger partial charge < -0.3 is 16.2 Å². The van der Waals surface area contributed by atoms with Gasteiger partial charge in [0.05, 0.1) is 16.3 Å². The molecular weight excluding hydrogens is 226 g/mol. The number of nitrogen functional groups attached to an aromatic ring is 1. The van der Waals surface area contributed by atoms with Crippen LogP contribution in [0.15, 0.2) is 12.3 Å². The zero-order chi connectivity index (χ0) is 12.2. The van der Waals surface area contributed by atoms with Crippen LogP contribution in [0.3, 0.4) is 0 Å². The molecule has 0 aliphatic heterocycles. The number of rotatable bonds is 5. The van der Waals surface area contributed by atoms with E-state index >= 15 is 0 Å². The summed E-state index contributed by atoms with van der Waals surface area (Å²) in [6.07, 6.45) is 3.18. The summed E-state index contributed by atoms with van der Waals surface area (Å²) in [7, 11) is 0. The van der Waals surface area contributed by atoms with Crippen LogP contribution in [0.4, 0.5) is 11.5 Å². The number of aromatic nitrogens is 1. The molecule has 1 heterocycles. The smallest absolute Gasteiger partial charge is 0.149 e. The standard InChI is InChI=1S/C11H18ClN3O/c1-3-4-11(2,16)7-15-10-9(13)5-8(12)6-14-10/h5-6,16H,3-4,7,13H2,1-2H3,(H,14,15). The zero-order valence-electron chi connectivity index (χ0n) is 9.63. The second-order valence-electron chi connectivity index (χ2n) is 4.19. The lowest BCUT2D eigenvalue weighted by molar-refractivity contribution is 0.0636. The van der Waals surface area contributed by atoms with Crippen molar-refractivity contribution in [3.63, 3.8) is 0 Å². The SMILES string of the molecule is CCCC(C)(O)CNc1ncc(Cl)cc1N. The Labute approximate surface area is 101 Å². The van der Waals surface area contributed by atoms with Crippen LogP contribution in [0.5, 0.6) is 0 Å². The Morgan fingerprint density at radius 1 is 1.62 bits per heavy atom. The first-order valence-corrected chi connectivity index (χ1v) is 5.69. The fourth-order valence-corrected chi connectivity index (χ4v) is 1.67. The summed E-state index contributed by atoms with van der Waals surface area (Å²) >= 11 is 5.74. The maximum Gasteiger partial charge on any atom is 0.149 e. The van der Waals surface area contributed by atoms with E-state index in [1.807, 2.05) is 6.92 Å². The minimum Gasteiger partial charge on any atom is -0.396 e. The molecule has 4 nitrogen and oxygen atoms in total. The summed E-state index contributed by atoms with van der Waals surface area (Å²) < 4.78 is 0. The summed E-state index contributed by atoms with van der Waals surface area (Å²) in [5.74, 6) is 0.556. The fourth-order valence-electron chi connectivity index (χ4n) is 1.50. The van der Waals surface area contributed by atoms with E-state index in [0.717, 1.165) is 12.8 Å². The Bertz CT molecular complexity index is 355. The molecule has 0 aromatic carbocycles. The number of halogens is 1. The highest BCUT2D eigenvalue weighted by atomic mass is 35.5. The minimum atomic E-state index is -0.748. The Morgan fingerprint density at radius 2 is 2.31 bits per heavy atom. The summed E-state index contributed by atoms with van der Waals surface area (Å²) in [6, 6.07) is 1.63. The normalized spacial score (nSPS) is 14.5. The van der Waals surface area contributed by atoms with E-state index in [1.165, 1.54) is 6.20 Å². The number of hydrogen-bond donors (Lipinski definition) is 3. The molecule has 1 aromatic heterocycles. The summed E-state index contributed by atoms with van der Waals surface area (Å²) in [4.78, 5) is 4.06. The third kappa shape index (κ3) is 3.87. The molecule has 1 unspecified atom stereocenters.